The highest BCUT2D eigenvalue weighted by Gasteiger charge is 2.37. The second-order valence-corrected chi connectivity index (χ2v) is 7.50. The number of carbonyl (C=O) groups excluding carboxylic acids is 1. The van der Waals surface area contributed by atoms with Crippen molar-refractivity contribution in [3.05, 3.63) is 65.0 Å². The number of alkyl halides is 6. The van der Waals surface area contributed by atoms with Gasteiger partial charge in [-0.15, -0.1) is 12.4 Å². The van der Waals surface area contributed by atoms with Crippen molar-refractivity contribution in [3.63, 3.8) is 0 Å². The Balaban J connectivity index is 0.00000385. The number of hydrogen-bond acceptors (Lipinski definition) is 3. The van der Waals surface area contributed by atoms with Crippen molar-refractivity contribution in [2.75, 3.05) is 31.6 Å². The first kappa shape index (κ1) is 26.7. The van der Waals surface area contributed by atoms with Crippen molar-refractivity contribution < 1.29 is 35.5 Å². The van der Waals surface area contributed by atoms with Gasteiger partial charge in [-0.3, -0.25) is 4.79 Å². The van der Waals surface area contributed by atoms with Crippen LogP contribution in [0.25, 0.3) is 0 Å². The number of amides is 1. The first-order valence-electron chi connectivity index (χ1n) is 9.62. The highest BCUT2D eigenvalue weighted by Crippen LogP contribution is 2.36. The second-order valence-electron chi connectivity index (χ2n) is 7.50. The SMILES string of the molecule is CN(Cc1cc(C(F)(F)F)cc(C(F)(F)F)c1)C(=O)C1CNCCN1c1ccc(F)cc1.Cl. The fourth-order valence-corrected chi connectivity index (χ4v) is 3.58. The molecule has 4 nitrogen and oxygen atoms in total. The molecule has 0 bridgehead atoms. The molecule has 0 aliphatic carbocycles. The van der Waals surface area contributed by atoms with E-state index in [-0.39, 0.29) is 30.6 Å². The summed E-state index contributed by atoms with van der Waals surface area (Å²) in [4.78, 5) is 15.9. The standard InChI is InChI=1S/C21H20F7N3O.ClH/c1-30(12-13-8-14(20(23,24)25)10-15(9-13)21(26,27)28)19(32)18-11-29-6-7-31(18)17-4-2-16(22)3-5-17;/h2-5,8-10,18,29H,6-7,11-12H2,1H3;1H. The van der Waals surface area contributed by atoms with Crippen molar-refractivity contribution in [1.29, 1.82) is 0 Å². The summed E-state index contributed by atoms with van der Waals surface area (Å²) in [6.45, 7) is 0.738. The summed E-state index contributed by atoms with van der Waals surface area (Å²) in [6.07, 6.45) is -9.93. The van der Waals surface area contributed by atoms with Crippen molar-refractivity contribution in [3.8, 4) is 0 Å². The average Bonchev–Trinajstić information content (AvgIpc) is 2.72. The van der Waals surface area contributed by atoms with E-state index in [1.807, 2.05) is 0 Å². The molecule has 1 heterocycles. The Bertz CT molecular complexity index is 932. The minimum atomic E-state index is -4.97. The largest absolute Gasteiger partial charge is 0.416 e. The maximum Gasteiger partial charge on any atom is 0.416 e. The third-order valence-corrected chi connectivity index (χ3v) is 5.13. The molecule has 0 spiro atoms. The van der Waals surface area contributed by atoms with Gasteiger partial charge in [-0.1, -0.05) is 0 Å². The van der Waals surface area contributed by atoms with Crippen molar-refractivity contribution in [2.24, 2.45) is 0 Å². The number of nitrogens with one attached hydrogen (secondary N) is 1. The third-order valence-electron chi connectivity index (χ3n) is 5.13. The summed E-state index contributed by atoms with van der Waals surface area (Å²) in [7, 11) is 1.31. The predicted octanol–water partition coefficient (Wildman–Crippen LogP) is 4.72. The van der Waals surface area contributed by atoms with E-state index in [4.69, 9.17) is 0 Å². The lowest BCUT2D eigenvalue weighted by atomic mass is 10.0. The van der Waals surface area contributed by atoms with Crippen LogP contribution in [0.5, 0.6) is 0 Å². The molecule has 0 radical (unpaired) electrons. The quantitative estimate of drug-likeness (QED) is 0.618. The fraction of sp³-hybridized carbons (Fsp3) is 0.381. The highest BCUT2D eigenvalue weighted by molar-refractivity contribution is 5.86. The zero-order chi connectivity index (χ0) is 23.7. The summed E-state index contributed by atoms with van der Waals surface area (Å²) < 4.78 is 91.9. The first-order chi connectivity index (χ1) is 14.9. The Morgan fingerprint density at radius 2 is 1.58 bits per heavy atom. The zero-order valence-electron chi connectivity index (χ0n) is 17.3. The van der Waals surface area contributed by atoms with Crippen LogP contribution in [0, 0.1) is 5.82 Å². The van der Waals surface area contributed by atoms with Crippen LogP contribution in [0.2, 0.25) is 0 Å². The van der Waals surface area contributed by atoms with E-state index in [1.165, 1.54) is 31.3 Å². The molecule has 1 fully saturated rings. The Morgan fingerprint density at radius 3 is 2.09 bits per heavy atom. The second kappa shape index (κ2) is 10.2. The number of carbonyl (C=O) groups is 1. The summed E-state index contributed by atoms with van der Waals surface area (Å²) in [5, 5.41) is 3.04. The number of piperazine rings is 1. The lowest BCUT2D eigenvalue weighted by Gasteiger charge is -2.38. The van der Waals surface area contributed by atoms with Gasteiger partial charge in [0.05, 0.1) is 11.1 Å². The topological polar surface area (TPSA) is 35.6 Å². The van der Waals surface area contributed by atoms with Gasteiger partial charge < -0.3 is 15.1 Å². The third kappa shape index (κ3) is 6.50. The average molecular weight is 500 g/mol. The maximum absolute atomic E-state index is 13.2. The molecule has 3 rings (SSSR count). The minimum absolute atomic E-state index is 0. The molecule has 2 aromatic rings. The van der Waals surface area contributed by atoms with Crippen molar-refractivity contribution in [1.82, 2.24) is 10.2 Å². The minimum Gasteiger partial charge on any atom is -0.357 e. The molecule has 33 heavy (non-hydrogen) atoms. The van der Waals surface area contributed by atoms with Gasteiger partial charge in [-0.2, -0.15) is 26.3 Å². The molecule has 1 N–H and O–H groups in total. The number of rotatable bonds is 4. The molecule has 0 aromatic heterocycles. The molecule has 0 saturated carbocycles. The van der Waals surface area contributed by atoms with Crippen LogP contribution in [0.1, 0.15) is 16.7 Å². The molecule has 1 atom stereocenters. The van der Waals surface area contributed by atoms with E-state index in [1.54, 1.807) is 4.90 Å². The van der Waals surface area contributed by atoms with Gasteiger partial charge in [-0.25, -0.2) is 4.39 Å². The van der Waals surface area contributed by atoms with E-state index in [0.717, 1.165) is 4.90 Å². The number of benzene rings is 2. The molecule has 1 aliphatic rings. The van der Waals surface area contributed by atoms with Gasteiger partial charge in [0.2, 0.25) is 5.91 Å². The van der Waals surface area contributed by atoms with E-state index >= 15 is 0 Å². The monoisotopic (exact) mass is 499 g/mol. The number of likely N-dealkylation sites (N-methyl/N-ethyl adjacent to an activating group) is 1. The Kier molecular flexibility index (Phi) is 8.23. The van der Waals surface area contributed by atoms with Crippen LogP contribution in [0.15, 0.2) is 42.5 Å². The van der Waals surface area contributed by atoms with Gasteiger partial charge >= 0.3 is 12.4 Å². The van der Waals surface area contributed by atoms with Crippen molar-refractivity contribution in [2.45, 2.75) is 24.9 Å². The molecule has 182 valence electrons. The normalized spacial score (nSPS) is 16.8. The smallest absolute Gasteiger partial charge is 0.357 e. The number of halogens is 8. The summed E-state index contributed by atoms with van der Waals surface area (Å²) in [5.74, 6) is -0.943. The zero-order valence-corrected chi connectivity index (χ0v) is 18.1. The van der Waals surface area contributed by atoms with Crippen molar-refractivity contribution >= 4 is 24.0 Å². The van der Waals surface area contributed by atoms with Gasteiger partial charge in [0, 0.05) is 38.9 Å². The molecule has 1 unspecified atom stereocenters. The van der Waals surface area contributed by atoms with E-state index in [2.05, 4.69) is 5.32 Å². The number of hydrogen-bond donors (Lipinski definition) is 1. The maximum atomic E-state index is 13.2. The van der Waals surface area contributed by atoms with Crippen LogP contribution >= 0.6 is 12.4 Å². The number of nitrogens with zero attached hydrogens (tertiary/aromatic N) is 2. The van der Waals surface area contributed by atoms with E-state index in [0.29, 0.717) is 30.9 Å². The van der Waals surface area contributed by atoms with Gasteiger partial charge in [-0.05, 0) is 48.0 Å². The molecule has 2 aromatic carbocycles. The molecule has 1 amide bonds. The predicted molar refractivity (Wildman–Crippen MR) is 111 cm³/mol. The van der Waals surface area contributed by atoms with Crippen LogP contribution < -0.4 is 10.2 Å². The van der Waals surface area contributed by atoms with E-state index < -0.39 is 47.8 Å². The lowest BCUT2D eigenvalue weighted by Crippen LogP contribution is -2.58. The molecular weight excluding hydrogens is 479 g/mol. The van der Waals surface area contributed by atoms with Crippen LogP contribution in [-0.4, -0.2) is 43.5 Å². The Labute approximate surface area is 191 Å². The summed E-state index contributed by atoms with van der Waals surface area (Å²) >= 11 is 0. The summed E-state index contributed by atoms with van der Waals surface area (Å²) in [5.41, 5.74) is -2.58. The van der Waals surface area contributed by atoms with Gasteiger partial charge in [0.1, 0.15) is 11.9 Å². The Hall–Kier alpha value is -2.53. The van der Waals surface area contributed by atoms with Gasteiger partial charge in [0.25, 0.3) is 0 Å². The van der Waals surface area contributed by atoms with E-state index in [9.17, 15) is 35.5 Å². The number of anilines is 1. The fourth-order valence-electron chi connectivity index (χ4n) is 3.58. The summed E-state index contributed by atoms with van der Waals surface area (Å²) in [6, 6.07) is 5.99. The Morgan fingerprint density at radius 1 is 1.03 bits per heavy atom. The molecule has 1 aliphatic heterocycles. The van der Waals surface area contributed by atoms with Crippen LogP contribution in [0.4, 0.5) is 36.4 Å². The molecule has 12 heteroatoms. The first-order valence-corrected chi connectivity index (χ1v) is 9.62. The molecule has 1 saturated heterocycles. The highest BCUT2D eigenvalue weighted by atomic mass is 35.5. The van der Waals surface area contributed by atoms with Gasteiger partial charge in [0.15, 0.2) is 0 Å². The molecular formula is C21H21ClF7N3O. The lowest BCUT2D eigenvalue weighted by molar-refractivity contribution is -0.143. The van der Waals surface area contributed by atoms with Crippen LogP contribution in [-0.2, 0) is 23.7 Å². The van der Waals surface area contributed by atoms with Crippen LogP contribution in [0.3, 0.4) is 0 Å².